The van der Waals surface area contributed by atoms with Gasteiger partial charge >= 0.3 is 0 Å². The summed E-state index contributed by atoms with van der Waals surface area (Å²) >= 11 is 0. The maximum absolute atomic E-state index is 11.9. The molecule has 4 nitrogen and oxygen atoms in total. The molecule has 2 aromatic rings. The number of benzene rings is 2. The topological polar surface area (TPSA) is 46.9 Å². The van der Waals surface area contributed by atoms with E-state index in [0.29, 0.717) is 0 Å². The molecular formula is C25H34N2O2. The van der Waals surface area contributed by atoms with Crippen molar-refractivity contribution in [1.82, 2.24) is 4.90 Å². The van der Waals surface area contributed by atoms with Gasteiger partial charge in [-0.05, 0) is 36.2 Å². The van der Waals surface area contributed by atoms with Gasteiger partial charge in [-0.3, -0.25) is 4.90 Å². The van der Waals surface area contributed by atoms with Crippen LogP contribution in [0.1, 0.15) is 38.8 Å². The minimum absolute atomic E-state index is 0.233. The second-order valence-corrected chi connectivity index (χ2v) is 9.91. The molecule has 1 aliphatic carbocycles. The molecule has 4 rings (SSSR count). The number of anilines is 1. The number of para-hydroxylation sites is 1. The number of aryl methyl sites for hydroxylation is 1. The molecule has 0 bridgehead atoms. The normalized spacial score (nSPS) is 28.8. The van der Waals surface area contributed by atoms with E-state index in [1.54, 1.807) is 12.1 Å². The van der Waals surface area contributed by atoms with Crippen LogP contribution in [0.15, 0.2) is 48.5 Å². The molecule has 1 saturated carbocycles. The highest BCUT2D eigenvalue weighted by Gasteiger charge is 2.73. The molecule has 1 saturated heterocycles. The number of rotatable bonds is 3. The molecular weight excluding hydrogens is 360 g/mol. The van der Waals surface area contributed by atoms with Gasteiger partial charge in [-0.25, -0.2) is 0 Å². The summed E-state index contributed by atoms with van der Waals surface area (Å²) in [7, 11) is 0. The number of phenols is 1. The standard InChI is InChI=1S/C25H34N2O2/c1-18-8-6-7-9-21(18)26-14-16-27(17-15-26)22-23(2,3)25(29,24(22,4)5)19-10-12-20(28)13-11-19/h6-13,22,28-29H,14-17H2,1-5H3. The Morgan fingerprint density at radius 2 is 1.38 bits per heavy atom. The zero-order chi connectivity index (χ0) is 21.0. The summed E-state index contributed by atoms with van der Waals surface area (Å²) in [6.07, 6.45) is 0. The molecule has 2 aliphatic rings. The van der Waals surface area contributed by atoms with Crippen molar-refractivity contribution in [1.29, 1.82) is 0 Å². The van der Waals surface area contributed by atoms with Crippen molar-refractivity contribution >= 4 is 5.69 Å². The van der Waals surface area contributed by atoms with Crippen molar-refractivity contribution < 1.29 is 10.2 Å². The van der Waals surface area contributed by atoms with Gasteiger partial charge in [0.2, 0.25) is 0 Å². The lowest BCUT2D eigenvalue weighted by Gasteiger charge is -2.72. The molecule has 0 radical (unpaired) electrons. The lowest BCUT2D eigenvalue weighted by atomic mass is 9.39. The maximum Gasteiger partial charge on any atom is 0.115 e. The first-order chi connectivity index (χ1) is 13.6. The van der Waals surface area contributed by atoms with Crippen LogP contribution in [0.25, 0.3) is 0 Å². The first-order valence-corrected chi connectivity index (χ1v) is 10.7. The maximum atomic E-state index is 11.9. The summed E-state index contributed by atoms with van der Waals surface area (Å²) in [6.45, 7) is 14.9. The number of phenolic OH excluding ortho intramolecular Hbond substituents is 1. The van der Waals surface area contributed by atoms with Crippen LogP contribution in [0.3, 0.4) is 0 Å². The van der Waals surface area contributed by atoms with Crippen LogP contribution in [0, 0.1) is 17.8 Å². The van der Waals surface area contributed by atoms with Gasteiger partial charge < -0.3 is 15.1 Å². The molecule has 2 N–H and O–H groups in total. The fraction of sp³-hybridized carbons (Fsp3) is 0.520. The average Bonchev–Trinajstić information content (AvgIpc) is 2.68. The molecule has 0 aromatic heterocycles. The molecule has 29 heavy (non-hydrogen) atoms. The minimum atomic E-state index is -0.939. The first-order valence-electron chi connectivity index (χ1n) is 10.7. The van der Waals surface area contributed by atoms with E-state index >= 15 is 0 Å². The lowest BCUT2D eigenvalue weighted by molar-refractivity contribution is -0.307. The molecule has 0 atom stereocenters. The monoisotopic (exact) mass is 394 g/mol. The van der Waals surface area contributed by atoms with Gasteiger partial charge in [0.05, 0.1) is 0 Å². The quantitative estimate of drug-likeness (QED) is 0.821. The highest BCUT2D eigenvalue weighted by Crippen LogP contribution is 2.68. The van der Waals surface area contributed by atoms with Crippen molar-refractivity contribution in [2.24, 2.45) is 10.8 Å². The molecule has 0 spiro atoms. The molecule has 0 unspecified atom stereocenters. The molecule has 1 aliphatic heterocycles. The number of hydrogen-bond acceptors (Lipinski definition) is 4. The number of hydrogen-bond donors (Lipinski definition) is 2. The van der Waals surface area contributed by atoms with Gasteiger partial charge in [0.1, 0.15) is 11.4 Å². The van der Waals surface area contributed by atoms with Crippen LogP contribution < -0.4 is 4.90 Å². The zero-order valence-corrected chi connectivity index (χ0v) is 18.3. The number of aromatic hydroxyl groups is 1. The van der Waals surface area contributed by atoms with E-state index < -0.39 is 5.60 Å². The predicted octanol–water partition coefficient (Wildman–Crippen LogP) is 4.15. The zero-order valence-electron chi connectivity index (χ0n) is 18.3. The molecule has 156 valence electrons. The molecule has 2 aromatic carbocycles. The van der Waals surface area contributed by atoms with Crippen LogP contribution in [-0.4, -0.2) is 47.3 Å². The Kier molecular flexibility index (Phi) is 4.71. The van der Waals surface area contributed by atoms with Crippen molar-refractivity contribution in [2.75, 3.05) is 31.1 Å². The Labute approximate surface area is 174 Å². The minimum Gasteiger partial charge on any atom is -0.508 e. The van der Waals surface area contributed by atoms with E-state index in [1.165, 1.54) is 11.3 Å². The van der Waals surface area contributed by atoms with E-state index in [4.69, 9.17) is 0 Å². The largest absolute Gasteiger partial charge is 0.508 e. The fourth-order valence-corrected chi connectivity index (χ4v) is 6.55. The predicted molar refractivity (Wildman–Crippen MR) is 118 cm³/mol. The van der Waals surface area contributed by atoms with E-state index in [2.05, 4.69) is 68.7 Å². The third kappa shape index (κ3) is 2.80. The van der Waals surface area contributed by atoms with Gasteiger partial charge in [0.15, 0.2) is 0 Å². The van der Waals surface area contributed by atoms with Gasteiger partial charge in [-0.2, -0.15) is 0 Å². The average molecular weight is 395 g/mol. The van der Waals surface area contributed by atoms with E-state index in [0.717, 1.165) is 31.7 Å². The summed E-state index contributed by atoms with van der Waals surface area (Å²) < 4.78 is 0. The second-order valence-electron chi connectivity index (χ2n) is 9.91. The highest BCUT2D eigenvalue weighted by atomic mass is 16.3. The Hall–Kier alpha value is -2.04. The van der Waals surface area contributed by atoms with Crippen LogP contribution in [0.4, 0.5) is 5.69 Å². The Morgan fingerprint density at radius 3 is 1.93 bits per heavy atom. The Morgan fingerprint density at radius 1 is 0.828 bits per heavy atom. The third-order valence-electron chi connectivity index (χ3n) is 7.65. The summed E-state index contributed by atoms with van der Waals surface area (Å²) in [4.78, 5) is 5.06. The lowest BCUT2D eigenvalue weighted by Crippen LogP contribution is -2.79. The van der Waals surface area contributed by atoms with E-state index in [1.807, 2.05) is 12.1 Å². The van der Waals surface area contributed by atoms with Crippen LogP contribution in [0.2, 0.25) is 0 Å². The van der Waals surface area contributed by atoms with Crippen LogP contribution in [-0.2, 0) is 5.60 Å². The van der Waals surface area contributed by atoms with Crippen molar-refractivity contribution in [2.45, 2.75) is 46.3 Å². The Bertz CT molecular complexity index is 864. The van der Waals surface area contributed by atoms with Gasteiger partial charge in [0.25, 0.3) is 0 Å². The number of aliphatic hydroxyl groups is 1. The SMILES string of the molecule is Cc1ccccc1N1CCN(C2C(C)(C)C(O)(c3ccc(O)cc3)C2(C)C)CC1. The fourth-order valence-electron chi connectivity index (χ4n) is 6.55. The summed E-state index contributed by atoms with van der Waals surface area (Å²) in [5, 5.41) is 21.5. The van der Waals surface area contributed by atoms with Crippen LogP contribution in [0.5, 0.6) is 5.75 Å². The second kappa shape index (κ2) is 6.75. The highest BCUT2D eigenvalue weighted by molar-refractivity contribution is 5.53. The summed E-state index contributed by atoms with van der Waals surface area (Å²) in [5.41, 5.74) is 2.02. The van der Waals surface area contributed by atoms with Crippen molar-refractivity contribution in [3.8, 4) is 5.75 Å². The Balaban J connectivity index is 1.54. The number of piperazine rings is 1. The summed E-state index contributed by atoms with van der Waals surface area (Å²) in [5.74, 6) is 0.233. The summed E-state index contributed by atoms with van der Waals surface area (Å²) in [6, 6.07) is 16.0. The van der Waals surface area contributed by atoms with Crippen molar-refractivity contribution in [3.05, 3.63) is 59.7 Å². The smallest absolute Gasteiger partial charge is 0.115 e. The van der Waals surface area contributed by atoms with Crippen molar-refractivity contribution in [3.63, 3.8) is 0 Å². The molecule has 2 fully saturated rings. The molecule has 0 amide bonds. The van der Waals surface area contributed by atoms with E-state index in [9.17, 15) is 10.2 Å². The number of nitrogens with zero attached hydrogens (tertiary/aromatic N) is 2. The van der Waals surface area contributed by atoms with Gasteiger partial charge in [-0.15, -0.1) is 0 Å². The van der Waals surface area contributed by atoms with Gasteiger partial charge in [-0.1, -0.05) is 58.0 Å². The third-order valence-corrected chi connectivity index (χ3v) is 7.65. The van der Waals surface area contributed by atoms with Gasteiger partial charge in [0, 0.05) is 48.7 Å². The first kappa shape index (κ1) is 20.2. The molecule has 4 heteroatoms. The molecule has 1 heterocycles. The van der Waals surface area contributed by atoms with Crippen LogP contribution >= 0.6 is 0 Å². The van der Waals surface area contributed by atoms with E-state index in [-0.39, 0.29) is 22.6 Å².